The summed E-state index contributed by atoms with van der Waals surface area (Å²) in [5, 5.41) is 8.84. The highest BCUT2D eigenvalue weighted by atomic mass is 19.1. The van der Waals surface area contributed by atoms with Crippen LogP contribution < -0.4 is 5.73 Å². The van der Waals surface area contributed by atoms with Crippen molar-refractivity contribution in [3.05, 3.63) is 12.5 Å². The van der Waals surface area contributed by atoms with E-state index in [0.29, 0.717) is 0 Å². The summed E-state index contributed by atoms with van der Waals surface area (Å²) in [4.78, 5) is 11.4. The molecule has 0 aromatic heterocycles. The summed E-state index contributed by atoms with van der Waals surface area (Å²) in [7, 11) is 0. The lowest BCUT2D eigenvalue weighted by Crippen LogP contribution is -2.66. The molecule has 56 valence electrons. The van der Waals surface area contributed by atoms with Gasteiger partial charge in [-0.05, 0) is 0 Å². The van der Waals surface area contributed by atoms with Gasteiger partial charge in [-0.15, -0.1) is 0 Å². The van der Waals surface area contributed by atoms with E-state index in [0.717, 1.165) is 11.1 Å². The summed E-state index contributed by atoms with van der Waals surface area (Å²) >= 11 is 0. The van der Waals surface area contributed by atoms with E-state index < -0.39 is 18.2 Å². The van der Waals surface area contributed by atoms with Gasteiger partial charge >= 0.3 is 0 Å². The molecule has 1 saturated heterocycles. The Morgan fingerprint density at radius 1 is 1.80 bits per heavy atom. The summed E-state index contributed by atoms with van der Waals surface area (Å²) in [5.41, 5.74) is 5.09. The van der Waals surface area contributed by atoms with Crippen LogP contribution in [0.1, 0.15) is 0 Å². The quantitative estimate of drug-likeness (QED) is 0.462. The normalized spacial score (nSPS) is 33.1. The molecule has 1 heterocycles. The summed E-state index contributed by atoms with van der Waals surface area (Å²) < 4.78 is 11.4. The number of hydrogen-bond donors (Lipinski definition) is 2. The van der Waals surface area contributed by atoms with E-state index in [9.17, 15) is 9.18 Å². The van der Waals surface area contributed by atoms with Crippen molar-refractivity contribution in [1.29, 1.82) is 0 Å². The zero-order chi connectivity index (χ0) is 7.72. The van der Waals surface area contributed by atoms with Crippen LogP contribution in [0, 0.1) is 0 Å². The van der Waals surface area contributed by atoms with Gasteiger partial charge in [0.05, 0.1) is 0 Å². The van der Waals surface area contributed by atoms with Gasteiger partial charge in [-0.2, -0.15) is 0 Å². The molecule has 0 aromatic carbocycles. The minimum absolute atomic E-state index is 0.174. The lowest BCUT2D eigenvalue weighted by molar-refractivity contribution is -0.161. The predicted molar refractivity (Wildman–Crippen MR) is 31.1 cm³/mol. The lowest BCUT2D eigenvalue weighted by Gasteiger charge is -2.38. The largest absolute Gasteiger partial charge is 0.371 e. The maximum absolute atomic E-state index is 11.4. The minimum Gasteiger partial charge on any atom is -0.371 e. The molecule has 4 nitrogen and oxygen atoms in total. The Hall–Kier alpha value is -0.940. The monoisotopic (exact) mass is 146 g/mol. The molecule has 0 aromatic rings. The molecule has 0 spiro atoms. The molecule has 2 unspecified atom stereocenters. The van der Waals surface area contributed by atoms with Crippen molar-refractivity contribution in [2.24, 2.45) is 5.73 Å². The minimum atomic E-state index is -1.07. The van der Waals surface area contributed by atoms with Gasteiger partial charge in [0.25, 0.3) is 0 Å². The number of aliphatic hydroxyl groups is 1. The first-order valence-corrected chi connectivity index (χ1v) is 2.71. The Balaban J connectivity index is 2.58. The van der Waals surface area contributed by atoms with E-state index in [2.05, 4.69) is 0 Å². The molecule has 1 rings (SSSR count). The Bertz CT molecular complexity index is 182. The van der Waals surface area contributed by atoms with Crippen molar-refractivity contribution < 1.29 is 14.3 Å². The first kappa shape index (κ1) is 7.17. The standard InChI is InChI=1S/C5H7FN2O2/c6-1-2-8-4(9)3(7)5(8)10/h1-4,9H,7H2. The van der Waals surface area contributed by atoms with Gasteiger partial charge in [-0.1, -0.05) is 0 Å². The first-order valence-electron chi connectivity index (χ1n) is 2.71. The topological polar surface area (TPSA) is 66.6 Å². The van der Waals surface area contributed by atoms with Crippen LogP contribution in [0.5, 0.6) is 0 Å². The van der Waals surface area contributed by atoms with E-state index in [-0.39, 0.29) is 6.33 Å². The second-order valence-electron chi connectivity index (χ2n) is 1.96. The zero-order valence-electron chi connectivity index (χ0n) is 5.07. The fourth-order valence-corrected chi connectivity index (χ4v) is 0.743. The Morgan fingerprint density at radius 3 is 2.80 bits per heavy atom. The number of rotatable bonds is 1. The van der Waals surface area contributed by atoms with E-state index in [4.69, 9.17) is 10.8 Å². The number of nitrogens with two attached hydrogens (primary N) is 1. The number of carbonyl (C=O) groups excluding carboxylic acids is 1. The number of halogens is 1. The average Bonchev–Trinajstić information content (AvgIpc) is 1.98. The number of β-lactam (4-membered cyclic amide) rings is 1. The Labute approximate surface area is 56.7 Å². The zero-order valence-corrected chi connectivity index (χ0v) is 5.07. The number of hydrogen-bond acceptors (Lipinski definition) is 3. The summed E-state index contributed by atoms with van der Waals surface area (Å²) in [6, 6.07) is -0.892. The highest BCUT2D eigenvalue weighted by molar-refractivity contribution is 5.89. The number of aliphatic hydroxyl groups excluding tert-OH is 1. The van der Waals surface area contributed by atoms with Gasteiger partial charge in [0, 0.05) is 6.20 Å². The fraction of sp³-hybridized carbons (Fsp3) is 0.400. The second kappa shape index (κ2) is 2.36. The second-order valence-corrected chi connectivity index (χ2v) is 1.96. The van der Waals surface area contributed by atoms with Crippen molar-refractivity contribution >= 4 is 5.91 Å². The molecular weight excluding hydrogens is 139 g/mol. The molecule has 2 atom stereocenters. The van der Waals surface area contributed by atoms with Gasteiger partial charge in [-0.25, -0.2) is 4.39 Å². The predicted octanol–water partition coefficient (Wildman–Crippen LogP) is -1.09. The molecule has 0 bridgehead atoms. The van der Waals surface area contributed by atoms with Gasteiger partial charge in [-0.3, -0.25) is 9.69 Å². The lowest BCUT2D eigenvalue weighted by atomic mass is 10.1. The van der Waals surface area contributed by atoms with Crippen LogP contribution in [0.4, 0.5) is 4.39 Å². The van der Waals surface area contributed by atoms with Crippen LogP contribution in [0.3, 0.4) is 0 Å². The molecule has 0 saturated carbocycles. The van der Waals surface area contributed by atoms with Crippen molar-refractivity contribution in [2.75, 3.05) is 0 Å². The maximum Gasteiger partial charge on any atom is 0.250 e. The van der Waals surface area contributed by atoms with Gasteiger partial charge < -0.3 is 10.8 Å². The first-order chi connectivity index (χ1) is 4.68. The molecule has 5 heteroatoms. The van der Waals surface area contributed by atoms with E-state index >= 15 is 0 Å². The number of likely N-dealkylation sites (tertiary alicyclic amines) is 1. The van der Waals surface area contributed by atoms with Crippen molar-refractivity contribution in [3.63, 3.8) is 0 Å². The highest BCUT2D eigenvalue weighted by Crippen LogP contribution is 2.15. The summed E-state index contributed by atoms with van der Waals surface area (Å²) in [6.07, 6.45) is -0.0527. The van der Waals surface area contributed by atoms with Crippen LogP contribution in [-0.4, -0.2) is 28.2 Å². The smallest absolute Gasteiger partial charge is 0.250 e. The van der Waals surface area contributed by atoms with Crippen LogP contribution in [-0.2, 0) is 4.79 Å². The van der Waals surface area contributed by atoms with Crippen LogP contribution in [0.2, 0.25) is 0 Å². The molecular formula is C5H7FN2O2. The van der Waals surface area contributed by atoms with Gasteiger partial charge in [0.15, 0.2) is 6.23 Å². The van der Waals surface area contributed by atoms with Crippen molar-refractivity contribution in [2.45, 2.75) is 12.3 Å². The van der Waals surface area contributed by atoms with E-state index in [1.54, 1.807) is 0 Å². The third-order valence-electron chi connectivity index (χ3n) is 1.36. The molecule has 1 fully saturated rings. The molecule has 1 aliphatic heterocycles. The molecule has 10 heavy (non-hydrogen) atoms. The van der Waals surface area contributed by atoms with Crippen LogP contribution >= 0.6 is 0 Å². The number of nitrogens with zero attached hydrogens (tertiary/aromatic N) is 1. The van der Waals surface area contributed by atoms with E-state index in [1.165, 1.54) is 0 Å². The molecule has 3 N–H and O–H groups in total. The number of amides is 1. The summed E-state index contributed by atoms with van der Waals surface area (Å²) in [5.74, 6) is -0.471. The summed E-state index contributed by atoms with van der Waals surface area (Å²) in [6.45, 7) is 0. The van der Waals surface area contributed by atoms with Crippen LogP contribution in [0.15, 0.2) is 12.5 Å². The van der Waals surface area contributed by atoms with Gasteiger partial charge in [0.1, 0.15) is 12.4 Å². The molecule has 0 radical (unpaired) electrons. The highest BCUT2D eigenvalue weighted by Gasteiger charge is 2.42. The van der Waals surface area contributed by atoms with Crippen LogP contribution in [0.25, 0.3) is 0 Å². The fourth-order valence-electron chi connectivity index (χ4n) is 0.743. The Kier molecular flexibility index (Phi) is 1.69. The van der Waals surface area contributed by atoms with Crippen molar-refractivity contribution in [3.8, 4) is 0 Å². The van der Waals surface area contributed by atoms with E-state index in [1.807, 2.05) is 0 Å². The molecule has 1 amide bonds. The van der Waals surface area contributed by atoms with Gasteiger partial charge in [0.2, 0.25) is 5.91 Å². The average molecular weight is 146 g/mol. The Morgan fingerprint density at radius 2 is 2.40 bits per heavy atom. The third kappa shape index (κ3) is 0.795. The van der Waals surface area contributed by atoms with Crippen molar-refractivity contribution in [1.82, 2.24) is 4.90 Å². The number of carbonyl (C=O) groups is 1. The molecule has 0 aliphatic carbocycles. The maximum atomic E-state index is 11.4. The molecule has 1 aliphatic rings. The third-order valence-corrected chi connectivity index (χ3v) is 1.36. The SMILES string of the molecule is NC1C(=O)N(C=CF)C1O.